The van der Waals surface area contributed by atoms with Gasteiger partial charge < -0.3 is 20.2 Å². The standard InChI is InChI=1S/C20H18Cl3FN4O4/c1-9(13-11(21)5-6-12(24)14(13)22)32-16-10-7-8-27(19(29)26-20(2,3)4)15(10)17(23)25-18(16)28(30)31/h5-9H,1-4H3,(H,26,29)/t9-/m1/s1. The Balaban J connectivity index is 2.17. The summed E-state index contributed by atoms with van der Waals surface area (Å²) >= 11 is 18.4. The van der Waals surface area contributed by atoms with Crippen LogP contribution in [0, 0.1) is 15.9 Å². The molecule has 1 N–H and O–H groups in total. The van der Waals surface area contributed by atoms with E-state index >= 15 is 0 Å². The highest BCUT2D eigenvalue weighted by Gasteiger charge is 2.31. The number of benzene rings is 1. The molecule has 1 amide bonds. The highest BCUT2D eigenvalue weighted by molar-refractivity contribution is 6.36. The summed E-state index contributed by atoms with van der Waals surface area (Å²) in [6.07, 6.45) is 0.394. The molecule has 0 spiro atoms. The van der Waals surface area contributed by atoms with Crippen LogP contribution in [0.4, 0.5) is 15.0 Å². The van der Waals surface area contributed by atoms with Crippen molar-refractivity contribution in [2.24, 2.45) is 0 Å². The van der Waals surface area contributed by atoms with Crippen LogP contribution in [-0.2, 0) is 0 Å². The van der Waals surface area contributed by atoms with Crippen molar-refractivity contribution in [3.05, 3.63) is 61.1 Å². The van der Waals surface area contributed by atoms with Crippen LogP contribution in [-0.4, -0.2) is 26.0 Å². The number of nitro groups is 1. The Hall–Kier alpha value is -2.62. The predicted molar refractivity (Wildman–Crippen MR) is 121 cm³/mol. The van der Waals surface area contributed by atoms with Crippen LogP contribution in [0.3, 0.4) is 0 Å². The highest BCUT2D eigenvalue weighted by Crippen LogP contribution is 2.42. The van der Waals surface area contributed by atoms with E-state index in [9.17, 15) is 19.3 Å². The number of hydrogen-bond donors (Lipinski definition) is 1. The van der Waals surface area contributed by atoms with Gasteiger partial charge in [0.05, 0.1) is 10.4 Å². The number of amides is 1. The zero-order valence-electron chi connectivity index (χ0n) is 17.4. The van der Waals surface area contributed by atoms with Gasteiger partial charge in [0.2, 0.25) is 5.75 Å². The Morgan fingerprint density at radius 1 is 1.28 bits per heavy atom. The maximum absolute atomic E-state index is 14.0. The summed E-state index contributed by atoms with van der Waals surface area (Å²) in [5.74, 6) is -1.66. The van der Waals surface area contributed by atoms with Crippen molar-refractivity contribution in [2.75, 3.05) is 0 Å². The Kier molecular flexibility index (Phi) is 6.55. The Bertz CT molecular complexity index is 1240. The van der Waals surface area contributed by atoms with Gasteiger partial charge in [-0.1, -0.05) is 23.2 Å². The SMILES string of the molecule is C[C@@H](Oc1c([N+](=O)[O-])nc(Cl)c2c1ccn2C(=O)NC(C)(C)C)c1c(Cl)ccc(F)c1Cl. The largest absolute Gasteiger partial charge is 0.477 e. The molecule has 0 aliphatic heterocycles. The van der Waals surface area contributed by atoms with Crippen LogP contribution in [0.5, 0.6) is 5.75 Å². The van der Waals surface area contributed by atoms with Crippen molar-refractivity contribution < 1.29 is 18.8 Å². The topological polar surface area (TPSA) is 99.3 Å². The second-order valence-electron chi connectivity index (χ2n) is 7.96. The van der Waals surface area contributed by atoms with Crippen LogP contribution in [0.1, 0.15) is 39.4 Å². The molecule has 0 bridgehead atoms. The van der Waals surface area contributed by atoms with Crippen LogP contribution in [0.15, 0.2) is 24.4 Å². The quantitative estimate of drug-likeness (QED) is 0.189. The first kappa shape index (κ1) is 24.0. The number of nitrogens with zero attached hydrogens (tertiary/aromatic N) is 3. The predicted octanol–water partition coefficient (Wildman–Crippen LogP) is 6.54. The van der Waals surface area contributed by atoms with Crippen molar-refractivity contribution in [2.45, 2.75) is 39.3 Å². The number of fused-ring (bicyclic) bond motifs is 1. The third kappa shape index (κ3) is 4.60. The van der Waals surface area contributed by atoms with E-state index < -0.39 is 34.2 Å². The molecule has 32 heavy (non-hydrogen) atoms. The van der Waals surface area contributed by atoms with E-state index in [1.165, 1.54) is 29.8 Å². The third-order valence-electron chi connectivity index (χ3n) is 4.39. The van der Waals surface area contributed by atoms with E-state index in [4.69, 9.17) is 39.5 Å². The van der Waals surface area contributed by atoms with Gasteiger partial charge in [0.15, 0.2) is 0 Å². The Morgan fingerprint density at radius 2 is 1.94 bits per heavy atom. The van der Waals surface area contributed by atoms with Crippen LogP contribution in [0.2, 0.25) is 15.2 Å². The molecule has 3 rings (SSSR count). The van der Waals surface area contributed by atoms with Crippen molar-refractivity contribution in [3.8, 4) is 5.75 Å². The summed E-state index contributed by atoms with van der Waals surface area (Å²) in [5, 5.41) is 14.2. The van der Waals surface area contributed by atoms with Gasteiger partial charge in [-0.05, 0) is 67.4 Å². The molecule has 0 aliphatic rings. The van der Waals surface area contributed by atoms with E-state index in [2.05, 4.69) is 10.3 Å². The van der Waals surface area contributed by atoms with Gasteiger partial charge in [0, 0.05) is 22.3 Å². The lowest BCUT2D eigenvalue weighted by Crippen LogP contribution is -2.42. The molecule has 0 fully saturated rings. The number of ether oxygens (including phenoxy) is 1. The van der Waals surface area contributed by atoms with Crippen molar-refractivity contribution in [3.63, 3.8) is 0 Å². The molecule has 170 valence electrons. The third-order valence-corrected chi connectivity index (χ3v) is 5.36. The first-order valence-corrected chi connectivity index (χ1v) is 10.4. The average Bonchev–Trinajstić information content (AvgIpc) is 3.11. The van der Waals surface area contributed by atoms with Crippen LogP contribution in [0.25, 0.3) is 10.9 Å². The average molecular weight is 504 g/mol. The van der Waals surface area contributed by atoms with Gasteiger partial charge in [0.1, 0.15) is 17.4 Å². The molecule has 0 saturated carbocycles. The zero-order chi connectivity index (χ0) is 24.0. The van der Waals surface area contributed by atoms with Gasteiger partial charge in [-0.15, -0.1) is 0 Å². The first-order valence-electron chi connectivity index (χ1n) is 9.29. The van der Waals surface area contributed by atoms with E-state index in [-0.39, 0.29) is 37.4 Å². The highest BCUT2D eigenvalue weighted by atomic mass is 35.5. The molecule has 3 aromatic rings. The number of carbonyl (C=O) groups is 1. The fourth-order valence-corrected chi connectivity index (χ4v) is 4.04. The lowest BCUT2D eigenvalue weighted by molar-refractivity contribution is -0.390. The van der Waals surface area contributed by atoms with Crippen molar-refractivity contribution in [1.82, 2.24) is 14.9 Å². The van der Waals surface area contributed by atoms with E-state index in [0.29, 0.717) is 0 Å². The molecule has 2 heterocycles. The van der Waals surface area contributed by atoms with Crippen molar-refractivity contribution >= 4 is 57.6 Å². The van der Waals surface area contributed by atoms with Gasteiger partial charge in [-0.3, -0.25) is 4.57 Å². The molecule has 8 nitrogen and oxygen atoms in total. The van der Waals surface area contributed by atoms with E-state index in [1.54, 1.807) is 20.8 Å². The number of aromatic nitrogens is 2. The summed E-state index contributed by atoms with van der Waals surface area (Å²) in [5.41, 5.74) is -0.333. The molecule has 12 heteroatoms. The number of carbonyl (C=O) groups excluding carboxylic acids is 1. The minimum atomic E-state index is -0.998. The van der Waals surface area contributed by atoms with Gasteiger partial charge >= 0.3 is 11.8 Å². The smallest absolute Gasteiger partial charge is 0.408 e. The number of rotatable bonds is 4. The molecule has 0 saturated heterocycles. The molecule has 0 unspecified atom stereocenters. The molecular formula is C20H18Cl3FN4O4. The maximum atomic E-state index is 14.0. The van der Waals surface area contributed by atoms with Gasteiger partial charge in [-0.2, -0.15) is 0 Å². The fraction of sp³-hybridized carbons (Fsp3) is 0.300. The summed E-state index contributed by atoms with van der Waals surface area (Å²) in [4.78, 5) is 27.4. The molecule has 0 aliphatic carbocycles. The normalized spacial score (nSPS) is 12.6. The minimum Gasteiger partial charge on any atom is -0.477 e. The van der Waals surface area contributed by atoms with Gasteiger partial charge in [-0.25, -0.2) is 9.18 Å². The summed E-state index contributed by atoms with van der Waals surface area (Å²) in [6.45, 7) is 6.89. The second kappa shape index (κ2) is 8.73. The molecule has 2 aromatic heterocycles. The number of nitrogens with one attached hydrogen (secondary N) is 1. The zero-order valence-corrected chi connectivity index (χ0v) is 19.6. The van der Waals surface area contributed by atoms with E-state index in [0.717, 1.165) is 6.07 Å². The fourth-order valence-electron chi connectivity index (χ4n) is 3.08. The molecular weight excluding hydrogens is 486 g/mol. The molecule has 1 atom stereocenters. The number of pyridine rings is 1. The lowest BCUT2D eigenvalue weighted by atomic mass is 10.1. The Morgan fingerprint density at radius 3 is 2.53 bits per heavy atom. The first-order chi connectivity index (χ1) is 14.8. The number of halogens is 4. The summed E-state index contributed by atoms with van der Waals surface area (Å²) in [7, 11) is 0. The summed E-state index contributed by atoms with van der Waals surface area (Å²) < 4.78 is 21.0. The Labute approximate surface area is 197 Å². The number of hydrogen-bond acceptors (Lipinski definition) is 5. The van der Waals surface area contributed by atoms with E-state index in [1.807, 2.05) is 0 Å². The monoisotopic (exact) mass is 502 g/mol. The second-order valence-corrected chi connectivity index (χ2v) is 9.10. The minimum absolute atomic E-state index is 0.107. The summed E-state index contributed by atoms with van der Waals surface area (Å²) in [6, 6.07) is 3.32. The molecule has 0 radical (unpaired) electrons. The van der Waals surface area contributed by atoms with Gasteiger partial charge in [0.25, 0.3) is 5.15 Å². The van der Waals surface area contributed by atoms with Crippen LogP contribution >= 0.6 is 34.8 Å². The van der Waals surface area contributed by atoms with Crippen molar-refractivity contribution in [1.29, 1.82) is 0 Å². The molecule has 1 aromatic carbocycles. The van der Waals surface area contributed by atoms with Crippen LogP contribution < -0.4 is 10.1 Å². The maximum Gasteiger partial charge on any atom is 0.408 e. The lowest BCUT2D eigenvalue weighted by Gasteiger charge is -2.21.